The zero-order valence-corrected chi connectivity index (χ0v) is 26.6. The zero-order valence-electron chi connectivity index (χ0n) is 26.6. The number of rotatable bonds is 4. The Kier molecular flexibility index (Phi) is 7.75. The van der Waals surface area contributed by atoms with Crippen molar-refractivity contribution < 1.29 is 23.8 Å². The van der Waals surface area contributed by atoms with Crippen molar-refractivity contribution in [2.75, 3.05) is 44.7 Å². The molecule has 1 saturated carbocycles. The lowest BCUT2D eigenvalue weighted by Crippen LogP contribution is -2.50. The van der Waals surface area contributed by atoms with E-state index in [1.165, 1.54) is 0 Å². The standard InChI is InChI=1S/C33H47N5O5/c1-22-9-12-25-26(20-22)42-33(14-18-38(19-15-33)30(39)41-21-23-10-11-23)28-27(25)34-29(36(28)6)35(5)24-8-7-16-37(17-13-24)31(40)43-32(2,3)4/h9,12,20,23-24H,7-8,10-11,13-19,21H2,1-6H3. The minimum atomic E-state index is -0.582. The fourth-order valence-corrected chi connectivity index (χ4v) is 6.77. The van der Waals surface area contributed by atoms with Crippen LogP contribution in [0.2, 0.25) is 0 Å². The van der Waals surface area contributed by atoms with Crippen molar-refractivity contribution in [2.45, 2.75) is 89.9 Å². The fraction of sp³-hybridized carbons (Fsp3) is 0.667. The average molecular weight is 594 g/mol. The fourth-order valence-electron chi connectivity index (χ4n) is 6.77. The molecule has 0 N–H and O–H groups in total. The highest BCUT2D eigenvalue weighted by Gasteiger charge is 2.48. The van der Waals surface area contributed by atoms with Gasteiger partial charge in [-0.05, 0) is 83.4 Å². The molecule has 1 aromatic heterocycles. The van der Waals surface area contributed by atoms with Crippen molar-refractivity contribution in [2.24, 2.45) is 13.0 Å². The number of nitrogens with zero attached hydrogens (tertiary/aromatic N) is 5. The van der Waals surface area contributed by atoms with Gasteiger partial charge in [0.2, 0.25) is 5.95 Å². The van der Waals surface area contributed by atoms with Crippen molar-refractivity contribution in [3.05, 3.63) is 29.5 Å². The second-order valence-corrected chi connectivity index (χ2v) is 13.9. The summed E-state index contributed by atoms with van der Waals surface area (Å²) in [7, 11) is 4.20. The zero-order chi connectivity index (χ0) is 30.5. The minimum Gasteiger partial charge on any atom is -0.480 e. The Morgan fingerprint density at radius 3 is 2.47 bits per heavy atom. The summed E-state index contributed by atoms with van der Waals surface area (Å²) < 4.78 is 20.4. The minimum absolute atomic E-state index is 0.215. The number of aryl methyl sites for hydroxylation is 1. The maximum absolute atomic E-state index is 12.8. The summed E-state index contributed by atoms with van der Waals surface area (Å²) in [6.45, 7) is 10.8. The number of anilines is 1. The molecule has 0 bridgehead atoms. The molecule has 234 valence electrons. The van der Waals surface area contributed by atoms with Crippen molar-refractivity contribution in [1.29, 1.82) is 0 Å². The Morgan fingerprint density at radius 1 is 1.05 bits per heavy atom. The Labute approximate surface area is 255 Å². The SMILES string of the molecule is Cc1ccc2c(c1)OC1(CCN(C(=O)OCC3CC3)CC1)c1c-2nc(N(C)C2CCCN(C(=O)OC(C)(C)C)CC2)n1C. The number of carbonyl (C=O) groups is 2. The van der Waals surface area contributed by atoms with Gasteiger partial charge in [-0.25, -0.2) is 14.6 Å². The van der Waals surface area contributed by atoms with E-state index in [2.05, 4.69) is 48.7 Å². The lowest BCUT2D eigenvalue weighted by Gasteiger charge is -2.44. The molecule has 1 unspecified atom stereocenters. The number of hydrogen-bond donors (Lipinski definition) is 0. The van der Waals surface area contributed by atoms with Gasteiger partial charge in [0.05, 0.1) is 12.3 Å². The van der Waals surface area contributed by atoms with Crippen LogP contribution in [0, 0.1) is 12.8 Å². The van der Waals surface area contributed by atoms with Crippen LogP contribution in [-0.2, 0) is 22.1 Å². The third-order valence-electron chi connectivity index (χ3n) is 9.38. The second kappa shape index (κ2) is 11.2. The number of ether oxygens (including phenoxy) is 3. The predicted octanol–water partition coefficient (Wildman–Crippen LogP) is 5.85. The van der Waals surface area contributed by atoms with Crippen LogP contribution in [0.3, 0.4) is 0 Å². The van der Waals surface area contributed by atoms with E-state index in [-0.39, 0.29) is 18.2 Å². The third kappa shape index (κ3) is 6.02. The summed E-state index contributed by atoms with van der Waals surface area (Å²) in [5, 5.41) is 0. The second-order valence-electron chi connectivity index (χ2n) is 13.9. The molecule has 1 aliphatic carbocycles. The molecule has 4 heterocycles. The van der Waals surface area contributed by atoms with E-state index >= 15 is 0 Å². The van der Waals surface area contributed by atoms with Crippen LogP contribution in [0.25, 0.3) is 11.3 Å². The number of imidazole rings is 1. The highest BCUT2D eigenvalue weighted by molar-refractivity contribution is 5.75. The first-order valence-electron chi connectivity index (χ1n) is 15.9. The van der Waals surface area contributed by atoms with Crippen LogP contribution in [0.15, 0.2) is 18.2 Å². The summed E-state index contributed by atoms with van der Waals surface area (Å²) in [4.78, 5) is 36.8. The number of piperidine rings is 1. The van der Waals surface area contributed by atoms with E-state index in [4.69, 9.17) is 19.2 Å². The van der Waals surface area contributed by atoms with E-state index in [9.17, 15) is 9.59 Å². The van der Waals surface area contributed by atoms with Crippen LogP contribution in [0.1, 0.15) is 77.0 Å². The van der Waals surface area contributed by atoms with E-state index in [1.54, 1.807) is 0 Å². The van der Waals surface area contributed by atoms with Gasteiger partial charge in [0.25, 0.3) is 0 Å². The van der Waals surface area contributed by atoms with Crippen LogP contribution in [0.4, 0.5) is 15.5 Å². The van der Waals surface area contributed by atoms with Crippen molar-refractivity contribution in [1.82, 2.24) is 19.4 Å². The number of carbonyl (C=O) groups excluding carboxylic acids is 2. The maximum Gasteiger partial charge on any atom is 0.410 e. The number of benzene rings is 1. The summed E-state index contributed by atoms with van der Waals surface area (Å²) in [5.74, 6) is 2.29. The molecule has 10 heteroatoms. The van der Waals surface area contributed by atoms with Crippen molar-refractivity contribution in [3.8, 4) is 17.0 Å². The summed E-state index contributed by atoms with van der Waals surface area (Å²) in [5.41, 5.74) is 3.08. The van der Waals surface area contributed by atoms with Gasteiger partial charge >= 0.3 is 12.2 Å². The Bertz CT molecular complexity index is 1370. The van der Waals surface area contributed by atoms with Crippen LogP contribution < -0.4 is 9.64 Å². The summed E-state index contributed by atoms with van der Waals surface area (Å²) in [6.07, 6.45) is 5.90. The predicted molar refractivity (Wildman–Crippen MR) is 164 cm³/mol. The van der Waals surface area contributed by atoms with Gasteiger partial charge in [-0.15, -0.1) is 0 Å². The lowest BCUT2D eigenvalue weighted by atomic mass is 9.83. The first-order chi connectivity index (χ1) is 20.4. The number of hydrogen-bond acceptors (Lipinski definition) is 7. The molecule has 1 aromatic carbocycles. The lowest BCUT2D eigenvalue weighted by molar-refractivity contribution is -0.0110. The van der Waals surface area contributed by atoms with Gasteiger partial charge in [-0.1, -0.05) is 6.07 Å². The first kappa shape index (κ1) is 29.6. The molecular weight excluding hydrogens is 546 g/mol. The number of aromatic nitrogens is 2. The molecule has 4 aliphatic rings. The van der Waals surface area contributed by atoms with Gasteiger partial charge in [-0.2, -0.15) is 0 Å². The smallest absolute Gasteiger partial charge is 0.410 e. The normalized spacial score (nSPS) is 21.4. The van der Waals surface area contributed by atoms with E-state index < -0.39 is 11.2 Å². The van der Waals surface area contributed by atoms with E-state index in [1.807, 2.05) is 30.6 Å². The molecule has 2 aromatic rings. The molecule has 0 radical (unpaired) electrons. The van der Waals surface area contributed by atoms with Gasteiger partial charge in [0, 0.05) is 64.7 Å². The Hall–Kier alpha value is -3.43. The average Bonchev–Trinajstić information content (AvgIpc) is 3.75. The van der Waals surface area contributed by atoms with Gasteiger partial charge in [-0.3, -0.25) is 0 Å². The number of fused-ring (bicyclic) bond motifs is 4. The van der Waals surface area contributed by atoms with E-state index in [0.717, 1.165) is 66.3 Å². The highest BCUT2D eigenvalue weighted by Crippen LogP contribution is 2.50. The molecule has 3 aliphatic heterocycles. The molecule has 6 rings (SSSR count). The largest absolute Gasteiger partial charge is 0.480 e. The van der Waals surface area contributed by atoms with Crippen LogP contribution in [0.5, 0.6) is 5.75 Å². The third-order valence-corrected chi connectivity index (χ3v) is 9.38. The summed E-state index contributed by atoms with van der Waals surface area (Å²) >= 11 is 0. The number of amides is 2. The number of likely N-dealkylation sites (tertiary alicyclic amines) is 2. The van der Waals surface area contributed by atoms with Crippen LogP contribution >= 0.6 is 0 Å². The molecule has 2 saturated heterocycles. The topological polar surface area (TPSA) is 89.4 Å². The summed E-state index contributed by atoms with van der Waals surface area (Å²) in [6, 6.07) is 6.55. The van der Waals surface area contributed by atoms with Gasteiger partial charge in [0.1, 0.15) is 17.0 Å². The quantitative estimate of drug-likeness (QED) is 0.439. The van der Waals surface area contributed by atoms with Crippen LogP contribution in [-0.4, -0.2) is 83.0 Å². The molecular formula is C33H47N5O5. The molecule has 1 atom stereocenters. The van der Waals surface area contributed by atoms with Crippen molar-refractivity contribution in [3.63, 3.8) is 0 Å². The molecule has 10 nitrogen and oxygen atoms in total. The highest BCUT2D eigenvalue weighted by atomic mass is 16.6. The maximum atomic E-state index is 12.8. The van der Waals surface area contributed by atoms with Crippen molar-refractivity contribution >= 4 is 18.1 Å². The van der Waals surface area contributed by atoms with E-state index in [0.29, 0.717) is 51.5 Å². The first-order valence-corrected chi connectivity index (χ1v) is 15.9. The Balaban J connectivity index is 1.24. The molecule has 2 amide bonds. The monoisotopic (exact) mass is 593 g/mol. The van der Waals surface area contributed by atoms with Gasteiger partial charge in [0.15, 0.2) is 5.60 Å². The Morgan fingerprint density at radius 2 is 1.77 bits per heavy atom. The molecule has 1 spiro atoms. The molecule has 3 fully saturated rings. The van der Waals surface area contributed by atoms with Gasteiger partial charge < -0.3 is 33.5 Å². The molecule has 43 heavy (non-hydrogen) atoms.